The van der Waals surface area contributed by atoms with Crippen molar-refractivity contribution < 1.29 is 4.57 Å². The van der Waals surface area contributed by atoms with Crippen molar-refractivity contribution >= 4 is 10.8 Å². The summed E-state index contributed by atoms with van der Waals surface area (Å²) in [5.74, 6) is 0.435. The molecule has 0 aliphatic carbocycles. The van der Waals surface area contributed by atoms with Gasteiger partial charge < -0.3 is 0 Å². The number of aromatic nitrogens is 2. The first-order valence-corrected chi connectivity index (χ1v) is 7.42. The van der Waals surface area contributed by atoms with Crippen LogP contribution in [0.3, 0.4) is 0 Å². The molecule has 0 N–H and O–H groups in total. The molecule has 3 aromatic rings. The molecule has 1 aromatic carbocycles. The lowest BCUT2D eigenvalue weighted by molar-refractivity contribution is -0.659. The highest BCUT2D eigenvalue weighted by molar-refractivity contribution is 5.93. The summed E-state index contributed by atoms with van der Waals surface area (Å²) in [5.41, 5.74) is 4.98. The number of pyridine rings is 2. The number of hydrogen-bond donors (Lipinski definition) is 0. The summed E-state index contributed by atoms with van der Waals surface area (Å²) in [6.45, 7) is 6.54. The Bertz CT molecular complexity index is 804. The van der Waals surface area contributed by atoms with Crippen molar-refractivity contribution in [3.8, 4) is 11.3 Å². The average Bonchev–Trinajstić information content (AvgIpc) is 2.48. The van der Waals surface area contributed by atoms with Gasteiger partial charge >= 0.3 is 0 Å². The Morgan fingerprint density at radius 2 is 1.86 bits per heavy atom. The van der Waals surface area contributed by atoms with Gasteiger partial charge in [-0.15, -0.1) is 0 Å². The van der Waals surface area contributed by atoms with E-state index in [1.54, 1.807) is 0 Å². The Balaban J connectivity index is 2.37. The molecule has 0 aliphatic heterocycles. The van der Waals surface area contributed by atoms with Gasteiger partial charge in [0.05, 0.1) is 5.39 Å². The Morgan fingerprint density at radius 3 is 2.57 bits per heavy atom. The Kier molecular flexibility index (Phi) is 3.46. The molecule has 2 nitrogen and oxygen atoms in total. The van der Waals surface area contributed by atoms with Crippen LogP contribution in [0.2, 0.25) is 0 Å². The van der Waals surface area contributed by atoms with E-state index in [4.69, 9.17) is 0 Å². The quantitative estimate of drug-likeness (QED) is 0.643. The zero-order valence-electron chi connectivity index (χ0n) is 13.1. The lowest BCUT2D eigenvalue weighted by atomic mass is 9.98. The molecule has 0 spiro atoms. The van der Waals surface area contributed by atoms with Crippen molar-refractivity contribution in [1.29, 1.82) is 0 Å². The highest BCUT2D eigenvalue weighted by Gasteiger charge is 2.17. The van der Waals surface area contributed by atoms with Gasteiger partial charge in [0, 0.05) is 28.9 Å². The fraction of sp³-hybridized carbons (Fsp3) is 0.263. The van der Waals surface area contributed by atoms with E-state index in [1.165, 1.54) is 27.6 Å². The molecule has 2 heterocycles. The van der Waals surface area contributed by atoms with Crippen LogP contribution in [0, 0.1) is 6.92 Å². The third kappa shape index (κ3) is 2.42. The molecular weight excluding hydrogens is 256 g/mol. The molecule has 0 saturated carbocycles. The molecule has 0 fully saturated rings. The number of fused-ring (bicyclic) bond motifs is 1. The van der Waals surface area contributed by atoms with Gasteiger partial charge in [0.1, 0.15) is 7.05 Å². The second kappa shape index (κ2) is 5.28. The summed E-state index contributed by atoms with van der Waals surface area (Å²) >= 11 is 0. The topological polar surface area (TPSA) is 16.8 Å². The van der Waals surface area contributed by atoms with Gasteiger partial charge in [0.25, 0.3) is 0 Å². The monoisotopic (exact) mass is 277 g/mol. The van der Waals surface area contributed by atoms with Crippen LogP contribution in [-0.4, -0.2) is 4.98 Å². The van der Waals surface area contributed by atoms with E-state index in [1.807, 2.05) is 6.20 Å². The van der Waals surface area contributed by atoms with E-state index < -0.39 is 0 Å². The van der Waals surface area contributed by atoms with Gasteiger partial charge in [-0.3, -0.25) is 4.98 Å². The molecule has 21 heavy (non-hydrogen) atoms. The molecule has 0 unspecified atom stereocenters. The van der Waals surface area contributed by atoms with Crippen LogP contribution in [0.5, 0.6) is 0 Å². The molecule has 0 bridgehead atoms. The summed E-state index contributed by atoms with van der Waals surface area (Å²) in [6, 6.07) is 12.9. The smallest absolute Gasteiger partial charge is 0.220 e. The molecule has 0 amide bonds. The van der Waals surface area contributed by atoms with Gasteiger partial charge in [-0.1, -0.05) is 32.0 Å². The van der Waals surface area contributed by atoms with Crippen LogP contribution in [0.15, 0.2) is 48.8 Å². The third-order valence-electron chi connectivity index (χ3n) is 4.03. The maximum Gasteiger partial charge on any atom is 0.220 e. The van der Waals surface area contributed by atoms with E-state index >= 15 is 0 Å². The van der Waals surface area contributed by atoms with Crippen molar-refractivity contribution in [2.24, 2.45) is 7.05 Å². The summed E-state index contributed by atoms with van der Waals surface area (Å²) in [7, 11) is 2.11. The Morgan fingerprint density at radius 1 is 1.10 bits per heavy atom. The van der Waals surface area contributed by atoms with Crippen LogP contribution >= 0.6 is 0 Å². The molecule has 0 saturated heterocycles. The van der Waals surface area contributed by atoms with Gasteiger partial charge in [-0.2, -0.15) is 0 Å². The second-order valence-electron chi connectivity index (χ2n) is 5.94. The van der Waals surface area contributed by atoms with Crippen molar-refractivity contribution in [2.75, 3.05) is 0 Å². The van der Waals surface area contributed by atoms with Crippen molar-refractivity contribution in [3.63, 3.8) is 0 Å². The normalized spacial score (nSPS) is 11.3. The predicted molar refractivity (Wildman–Crippen MR) is 87.2 cm³/mol. The van der Waals surface area contributed by atoms with Crippen molar-refractivity contribution in [1.82, 2.24) is 4.98 Å². The zero-order chi connectivity index (χ0) is 15.0. The Labute approximate surface area is 126 Å². The molecule has 2 heteroatoms. The van der Waals surface area contributed by atoms with Crippen molar-refractivity contribution in [3.05, 3.63) is 60.0 Å². The molecule has 2 aromatic heterocycles. The van der Waals surface area contributed by atoms with Gasteiger partial charge in [0.2, 0.25) is 5.69 Å². The fourth-order valence-corrected chi connectivity index (χ4v) is 2.77. The largest absolute Gasteiger partial charge is 0.260 e. The van der Waals surface area contributed by atoms with Crippen LogP contribution in [0.25, 0.3) is 22.0 Å². The van der Waals surface area contributed by atoms with E-state index in [-0.39, 0.29) is 0 Å². The number of rotatable bonds is 2. The third-order valence-corrected chi connectivity index (χ3v) is 4.03. The van der Waals surface area contributed by atoms with Crippen LogP contribution in [0.1, 0.15) is 31.0 Å². The highest BCUT2D eigenvalue weighted by atomic mass is 14.9. The van der Waals surface area contributed by atoms with E-state index in [0.717, 1.165) is 5.69 Å². The summed E-state index contributed by atoms with van der Waals surface area (Å²) in [5, 5.41) is 2.46. The van der Waals surface area contributed by atoms with Crippen LogP contribution in [-0.2, 0) is 7.05 Å². The van der Waals surface area contributed by atoms with Crippen molar-refractivity contribution in [2.45, 2.75) is 26.7 Å². The fourth-order valence-electron chi connectivity index (χ4n) is 2.77. The zero-order valence-corrected chi connectivity index (χ0v) is 13.1. The standard InChI is InChI=1S/C19H21N2/c1-13(2)18-11-17-15(12-20-18)9-10-21(4)19(17)16-8-6-5-7-14(16)3/h5-13H,1-4H3/q+1. The average molecular weight is 277 g/mol. The van der Waals surface area contributed by atoms with Gasteiger partial charge in [-0.25, -0.2) is 4.57 Å². The Hall–Kier alpha value is -2.22. The molecule has 0 radical (unpaired) electrons. The molecule has 3 rings (SSSR count). The first-order chi connectivity index (χ1) is 10.1. The maximum atomic E-state index is 4.58. The lowest BCUT2D eigenvalue weighted by Gasteiger charge is -2.10. The van der Waals surface area contributed by atoms with E-state index in [2.05, 4.69) is 80.0 Å². The lowest BCUT2D eigenvalue weighted by Crippen LogP contribution is -2.30. The molecular formula is C19H21N2+. The molecule has 0 atom stereocenters. The summed E-state index contributed by atoms with van der Waals surface area (Å²) < 4.78 is 2.20. The van der Waals surface area contributed by atoms with Crippen LogP contribution < -0.4 is 4.57 Å². The van der Waals surface area contributed by atoms with Gasteiger partial charge in [0.15, 0.2) is 6.20 Å². The first kappa shape index (κ1) is 13.7. The highest BCUT2D eigenvalue weighted by Crippen LogP contribution is 2.28. The van der Waals surface area contributed by atoms with E-state index in [0.29, 0.717) is 5.92 Å². The number of aryl methyl sites for hydroxylation is 2. The maximum absolute atomic E-state index is 4.58. The number of hydrogen-bond acceptors (Lipinski definition) is 1. The second-order valence-corrected chi connectivity index (χ2v) is 5.94. The van der Waals surface area contributed by atoms with Gasteiger partial charge in [-0.05, 0) is 30.5 Å². The van der Waals surface area contributed by atoms with Crippen LogP contribution in [0.4, 0.5) is 0 Å². The SMILES string of the molecule is Cc1ccccc1-c1c2cc(C(C)C)ncc2cc[n+]1C. The number of benzene rings is 1. The summed E-state index contributed by atoms with van der Waals surface area (Å²) in [6.07, 6.45) is 4.10. The minimum atomic E-state index is 0.435. The van der Waals surface area contributed by atoms with E-state index in [9.17, 15) is 0 Å². The minimum absolute atomic E-state index is 0.435. The number of nitrogens with zero attached hydrogens (tertiary/aromatic N) is 2. The molecule has 0 aliphatic rings. The summed E-state index contributed by atoms with van der Waals surface area (Å²) in [4.78, 5) is 4.58. The molecule has 106 valence electrons. The predicted octanol–water partition coefficient (Wildman–Crippen LogP) is 4.16. The first-order valence-electron chi connectivity index (χ1n) is 7.42. The minimum Gasteiger partial charge on any atom is -0.260 e.